The Morgan fingerprint density at radius 2 is 1.83 bits per heavy atom. The van der Waals surface area contributed by atoms with Gasteiger partial charge in [0.15, 0.2) is 0 Å². The minimum Gasteiger partial charge on any atom is -0.352 e. The Kier molecular flexibility index (Phi) is 5.37. The number of carbonyl (C=O) groups excluding carboxylic acids is 1. The molecule has 1 amide bonds. The smallest absolute Gasteiger partial charge is 0.251 e. The predicted octanol–water partition coefficient (Wildman–Crippen LogP) is 3.69. The summed E-state index contributed by atoms with van der Waals surface area (Å²) in [5.41, 5.74) is 3.09. The van der Waals surface area contributed by atoms with Crippen LogP contribution in [0.2, 0.25) is 0 Å². The van der Waals surface area contributed by atoms with E-state index in [0.29, 0.717) is 5.92 Å². The van der Waals surface area contributed by atoms with Gasteiger partial charge in [-0.25, -0.2) is 0 Å². The third kappa shape index (κ3) is 4.14. The number of likely N-dealkylation sites (tertiary alicyclic amines) is 1. The zero-order chi connectivity index (χ0) is 16.2. The van der Waals surface area contributed by atoms with E-state index in [1.54, 1.807) is 0 Å². The molecule has 0 bridgehead atoms. The van der Waals surface area contributed by atoms with Crippen molar-refractivity contribution in [3.05, 3.63) is 34.9 Å². The summed E-state index contributed by atoms with van der Waals surface area (Å²) in [7, 11) is 0. The standard InChI is InChI=1S/C20H30N2O/c1-15-7-8-19(16(2)13-15)20(23)21-14-17-9-11-22(12-10-17)18-5-3-4-6-18/h7-8,13,17-18H,3-6,9-12,14H2,1-2H3,(H,21,23). The molecule has 1 heterocycles. The maximum Gasteiger partial charge on any atom is 0.251 e. The van der Waals surface area contributed by atoms with E-state index in [4.69, 9.17) is 0 Å². The molecule has 0 atom stereocenters. The number of hydrogen-bond acceptors (Lipinski definition) is 2. The highest BCUT2D eigenvalue weighted by molar-refractivity contribution is 5.95. The molecule has 1 aliphatic heterocycles. The maximum atomic E-state index is 12.4. The number of rotatable bonds is 4. The summed E-state index contributed by atoms with van der Waals surface area (Å²) in [6, 6.07) is 6.89. The topological polar surface area (TPSA) is 32.3 Å². The van der Waals surface area contributed by atoms with Crippen LogP contribution < -0.4 is 5.32 Å². The number of nitrogens with zero attached hydrogens (tertiary/aromatic N) is 1. The second-order valence-corrected chi connectivity index (χ2v) is 7.45. The molecule has 1 aliphatic carbocycles. The molecule has 23 heavy (non-hydrogen) atoms. The van der Waals surface area contributed by atoms with Crippen molar-refractivity contribution in [2.45, 2.75) is 58.4 Å². The lowest BCUT2D eigenvalue weighted by Gasteiger charge is -2.36. The van der Waals surface area contributed by atoms with Crippen molar-refractivity contribution in [2.75, 3.05) is 19.6 Å². The van der Waals surface area contributed by atoms with Crippen molar-refractivity contribution in [3.63, 3.8) is 0 Å². The Morgan fingerprint density at radius 1 is 1.13 bits per heavy atom. The molecule has 1 saturated heterocycles. The normalized spacial score (nSPS) is 20.8. The first-order valence-electron chi connectivity index (χ1n) is 9.23. The van der Waals surface area contributed by atoms with E-state index in [-0.39, 0.29) is 5.91 Å². The molecule has 3 heteroatoms. The second-order valence-electron chi connectivity index (χ2n) is 7.45. The van der Waals surface area contributed by atoms with Crippen LogP contribution in [-0.2, 0) is 0 Å². The molecule has 0 aromatic heterocycles. The Labute approximate surface area is 140 Å². The quantitative estimate of drug-likeness (QED) is 0.919. The highest BCUT2D eigenvalue weighted by atomic mass is 16.1. The molecule has 0 radical (unpaired) electrons. The van der Waals surface area contributed by atoms with Crippen LogP contribution in [0.15, 0.2) is 18.2 Å². The van der Waals surface area contributed by atoms with Gasteiger partial charge in [-0.3, -0.25) is 4.79 Å². The molecule has 0 spiro atoms. The van der Waals surface area contributed by atoms with Gasteiger partial charge in [-0.05, 0) is 70.2 Å². The first kappa shape index (κ1) is 16.5. The largest absolute Gasteiger partial charge is 0.352 e. The number of carbonyl (C=O) groups is 1. The van der Waals surface area contributed by atoms with Crippen molar-refractivity contribution in [3.8, 4) is 0 Å². The minimum atomic E-state index is 0.0840. The first-order chi connectivity index (χ1) is 11.1. The van der Waals surface area contributed by atoms with E-state index in [1.165, 1.54) is 57.2 Å². The van der Waals surface area contributed by atoms with Crippen molar-refractivity contribution in [1.29, 1.82) is 0 Å². The Balaban J connectivity index is 1.45. The van der Waals surface area contributed by atoms with Crippen LogP contribution in [0.4, 0.5) is 0 Å². The summed E-state index contributed by atoms with van der Waals surface area (Å²) in [6.07, 6.45) is 8.07. The molecule has 126 valence electrons. The van der Waals surface area contributed by atoms with Crippen LogP contribution in [0.5, 0.6) is 0 Å². The zero-order valence-electron chi connectivity index (χ0n) is 14.6. The number of amides is 1. The highest BCUT2D eigenvalue weighted by Crippen LogP contribution is 2.27. The van der Waals surface area contributed by atoms with E-state index >= 15 is 0 Å². The zero-order valence-corrected chi connectivity index (χ0v) is 14.6. The van der Waals surface area contributed by atoms with E-state index in [0.717, 1.165) is 23.7 Å². The number of aryl methyl sites for hydroxylation is 2. The van der Waals surface area contributed by atoms with Gasteiger partial charge in [-0.15, -0.1) is 0 Å². The van der Waals surface area contributed by atoms with Gasteiger partial charge in [0.05, 0.1) is 0 Å². The van der Waals surface area contributed by atoms with E-state index in [1.807, 2.05) is 19.1 Å². The average Bonchev–Trinajstić information content (AvgIpc) is 3.07. The molecule has 3 rings (SSSR count). The van der Waals surface area contributed by atoms with Gasteiger partial charge in [0.2, 0.25) is 0 Å². The maximum absolute atomic E-state index is 12.4. The molecular weight excluding hydrogens is 284 g/mol. The number of piperidine rings is 1. The third-order valence-corrected chi connectivity index (χ3v) is 5.67. The van der Waals surface area contributed by atoms with Crippen molar-refractivity contribution >= 4 is 5.91 Å². The molecule has 2 fully saturated rings. The van der Waals surface area contributed by atoms with Crippen LogP contribution in [0.3, 0.4) is 0 Å². The van der Waals surface area contributed by atoms with E-state index in [9.17, 15) is 4.79 Å². The second kappa shape index (κ2) is 7.48. The van der Waals surface area contributed by atoms with Crippen molar-refractivity contribution < 1.29 is 4.79 Å². The first-order valence-corrected chi connectivity index (χ1v) is 9.23. The van der Waals surface area contributed by atoms with Gasteiger partial charge < -0.3 is 10.2 Å². The molecule has 1 aromatic rings. The monoisotopic (exact) mass is 314 g/mol. The van der Waals surface area contributed by atoms with Gasteiger partial charge >= 0.3 is 0 Å². The lowest BCUT2D eigenvalue weighted by atomic mass is 9.95. The average molecular weight is 314 g/mol. The summed E-state index contributed by atoms with van der Waals surface area (Å²) in [5, 5.41) is 3.16. The van der Waals surface area contributed by atoms with Gasteiger partial charge in [-0.2, -0.15) is 0 Å². The molecule has 2 aliphatic rings. The summed E-state index contributed by atoms with van der Waals surface area (Å²) in [6.45, 7) is 7.34. The van der Waals surface area contributed by atoms with Crippen LogP contribution in [0.25, 0.3) is 0 Å². The van der Waals surface area contributed by atoms with Crippen molar-refractivity contribution in [2.24, 2.45) is 5.92 Å². The third-order valence-electron chi connectivity index (χ3n) is 5.67. The van der Waals surface area contributed by atoms with Crippen LogP contribution in [-0.4, -0.2) is 36.5 Å². The lowest BCUT2D eigenvalue weighted by Crippen LogP contribution is -2.42. The van der Waals surface area contributed by atoms with Crippen LogP contribution in [0.1, 0.15) is 60.0 Å². The molecule has 1 N–H and O–H groups in total. The molecule has 3 nitrogen and oxygen atoms in total. The molecule has 0 unspecified atom stereocenters. The van der Waals surface area contributed by atoms with Gasteiger partial charge in [-0.1, -0.05) is 30.5 Å². The number of nitrogens with one attached hydrogen (secondary N) is 1. The molecular formula is C20H30N2O. The summed E-state index contributed by atoms with van der Waals surface area (Å²) < 4.78 is 0. The van der Waals surface area contributed by atoms with E-state index in [2.05, 4.69) is 23.2 Å². The Hall–Kier alpha value is -1.35. The Morgan fingerprint density at radius 3 is 2.48 bits per heavy atom. The van der Waals surface area contributed by atoms with Crippen LogP contribution in [0, 0.1) is 19.8 Å². The predicted molar refractivity (Wildman–Crippen MR) is 94.8 cm³/mol. The summed E-state index contributed by atoms with van der Waals surface area (Å²) in [4.78, 5) is 15.1. The SMILES string of the molecule is Cc1ccc(C(=O)NCC2CCN(C3CCCC3)CC2)c(C)c1. The summed E-state index contributed by atoms with van der Waals surface area (Å²) >= 11 is 0. The van der Waals surface area contributed by atoms with Gasteiger partial charge in [0, 0.05) is 18.2 Å². The van der Waals surface area contributed by atoms with Gasteiger partial charge in [0.25, 0.3) is 5.91 Å². The fraction of sp³-hybridized carbons (Fsp3) is 0.650. The molecule has 1 aromatic carbocycles. The van der Waals surface area contributed by atoms with Crippen LogP contribution >= 0.6 is 0 Å². The Bertz CT molecular complexity index is 541. The fourth-order valence-corrected chi connectivity index (χ4v) is 4.19. The summed E-state index contributed by atoms with van der Waals surface area (Å²) in [5.74, 6) is 0.725. The fourth-order valence-electron chi connectivity index (χ4n) is 4.19. The minimum absolute atomic E-state index is 0.0840. The van der Waals surface area contributed by atoms with Crippen molar-refractivity contribution in [1.82, 2.24) is 10.2 Å². The number of hydrogen-bond donors (Lipinski definition) is 1. The highest BCUT2D eigenvalue weighted by Gasteiger charge is 2.27. The number of benzene rings is 1. The molecule has 1 saturated carbocycles. The van der Waals surface area contributed by atoms with Gasteiger partial charge in [0.1, 0.15) is 0 Å². The lowest BCUT2D eigenvalue weighted by molar-refractivity contribution is 0.0924. The van der Waals surface area contributed by atoms with E-state index < -0.39 is 0 Å².